The van der Waals surface area contributed by atoms with E-state index in [-0.39, 0.29) is 5.91 Å². The average Bonchev–Trinajstić information content (AvgIpc) is 2.47. The molecule has 0 saturated heterocycles. The highest BCUT2D eigenvalue weighted by Gasteiger charge is 2.00. The number of pyridine rings is 2. The number of nitrogens with zero attached hydrogens (tertiary/aromatic N) is 2. The first-order valence-corrected chi connectivity index (χ1v) is 6.10. The van der Waals surface area contributed by atoms with E-state index in [1.165, 1.54) is 0 Å². The van der Waals surface area contributed by atoms with Crippen LogP contribution in [0.25, 0.3) is 0 Å². The molecule has 0 fully saturated rings. The minimum atomic E-state index is -0.0271. The second-order valence-electron chi connectivity index (χ2n) is 4.10. The second-order valence-corrected chi connectivity index (χ2v) is 4.10. The largest absolute Gasteiger partial charge is 0.351 e. The Morgan fingerprint density at radius 2 is 1.84 bits per heavy atom. The molecule has 2 heterocycles. The fraction of sp³-hybridized carbons (Fsp3) is 0.214. The van der Waals surface area contributed by atoms with Gasteiger partial charge in [-0.1, -0.05) is 6.07 Å². The van der Waals surface area contributed by atoms with E-state index in [9.17, 15) is 4.79 Å². The van der Waals surface area contributed by atoms with Crippen LogP contribution in [0, 0.1) is 0 Å². The van der Waals surface area contributed by atoms with Gasteiger partial charge in [-0.15, -0.1) is 0 Å². The quantitative estimate of drug-likeness (QED) is 0.805. The number of carbonyl (C=O) groups excluding carboxylic acids is 1. The maximum atomic E-state index is 11.6. The molecular weight excluding hydrogens is 240 g/mol. The lowest BCUT2D eigenvalue weighted by Crippen LogP contribution is -2.33. The van der Waals surface area contributed by atoms with Gasteiger partial charge in [-0.2, -0.15) is 0 Å². The number of carbonyl (C=O) groups is 1. The smallest absolute Gasteiger partial charge is 0.234 e. The molecule has 0 saturated carbocycles. The van der Waals surface area contributed by atoms with Crippen molar-refractivity contribution >= 4 is 5.91 Å². The Morgan fingerprint density at radius 1 is 1.00 bits per heavy atom. The van der Waals surface area contributed by atoms with Gasteiger partial charge in [0.15, 0.2) is 0 Å². The Bertz CT molecular complexity index is 501. The van der Waals surface area contributed by atoms with E-state index in [1.807, 2.05) is 24.3 Å². The van der Waals surface area contributed by atoms with Crippen LogP contribution in [-0.2, 0) is 17.9 Å². The monoisotopic (exact) mass is 256 g/mol. The van der Waals surface area contributed by atoms with Crippen LogP contribution in [0.1, 0.15) is 11.1 Å². The minimum absolute atomic E-state index is 0.0271. The topological polar surface area (TPSA) is 66.9 Å². The van der Waals surface area contributed by atoms with Gasteiger partial charge >= 0.3 is 0 Å². The van der Waals surface area contributed by atoms with Crippen molar-refractivity contribution in [2.75, 3.05) is 6.54 Å². The molecule has 19 heavy (non-hydrogen) atoms. The molecule has 0 aliphatic heterocycles. The van der Waals surface area contributed by atoms with Gasteiger partial charge in [0.05, 0.1) is 6.54 Å². The number of hydrogen-bond donors (Lipinski definition) is 2. The molecule has 2 aromatic rings. The molecule has 0 aliphatic carbocycles. The van der Waals surface area contributed by atoms with Crippen molar-refractivity contribution in [2.45, 2.75) is 13.1 Å². The molecule has 0 aromatic carbocycles. The first-order chi connectivity index (χ1) is 9.34. The number of aromatic nitrogens is 2. The Labute approximate surface area is 112 Å². The molecular formula is C14H16N4O. The van der Waals surface area contributed by atoms with Gasteiger partial charge in [-0.25, -0.2) is 0 Å². The average molecular weight is 256 g/mol. The van der Waals surface area contributed by atoms with Crippen LogP contribution in [0.2, 0.25) is 0 Å². The molecule has 5 heteroatoms. The highest BCUT2D eigenvalue weighted by Crippen LogP contribution is 1.95. The van der Waals surface area contributed by atoms with E-state index >= 15 is 0 Å². The molecule has 0 unspecified atom stereocenters. The van der Waals surface area contributed by atoms with E-state index in [0.29, 0.717) is 19.6 Å². The molecule has 2 aromatic heterocycles. The molecule has 1 amide bonds. The standard InChI is InChI=1S/C14H16N4O/c19-14(18-10-12-3-6-15-7-4-12)11-17-9-13-2-1-5-16-8-13/h1-8,17H,9-11H2,(H,18,19). The van der Waals surface area contributed by atoms with Crippen molar-refractivity contribution in [1.82, 2.24) is 20.6 Å². The van der Waals surface area contributed by atoms with Crippen molar-refractivity contribution in [3.05, 3.63) is 60.2 Å². The predicted molar refractivity (Wildman–Crippen MR) is 72.0 cm³/mol. The van der Waals surface area contributed by atoms with Crippen molar-refractivity contribution in [3.8, 4) is 0 Å². The van der Waals surface area contributed by atoms with Gasteiger partial charge in [0.25, 0.3) is 0 Å². The zero-order valence-corrected chi connectivity index (χ0v) is 10.5. The zero-order valence-electron chi connectivity index (χ0n) is 10.5. The van der Waals surface area contributed by atoms with Gasteiger partial charge < -0.3 is 10.6 Å². The summed E-state index contributed by atoms with van der Waals surface area (Å²) in [4.78, 5) is 19.5. The summed E-state index contributed by atoms with van der Waals surface area (Å²) < 4.78 is 0. The summed E-state index contributed by atoms with van der Waals surface area (Å²) in [6.45, 7) is 1.45. The highest BCUT2D eigenvalue weighted by molar-refractivity contribution is 5.77. The molecule has 0 atom stereocenters. The summed E-state index contributed by atoms with van der Waals surface area (Å²) in [5, 5.41) is 5.91. The molecule has 0 spiro atoms. The molecule has 0 bridgehead atoms. The van der Waals surface area contributed by atoms with E-state index < -0.39 is 0 Å². The normalized spacial score (nSPS) is 10.1. The highest BCUT2D eigenvalue weighted by atomic mass is 16.1. The lowest BCUT2D eigenvalue weighted by Gasteiger charge is -2.06. The Kier molecular flexibility index (Phi) is 5.01. The summed E-state index contributed by atoms with van der Waals surface area (Å²) in [5.41, 5.74) is 2.10. The molecule has 5 nitrogen and oxygen atoms in total. The second kappa shape index (κ2) is 7.23. The predicted octanol–water partition coefficient (Wildman–Crippen LogP) is 0.883. The zero-order chi connectivity index (χ0) is 13.3. The lowest BCUT2D eigenvalue weighted by atomic mass is 10.2. The SMILES string of the molecule is O=C(CNCc1cccnc1)NCc1ccncc1. The molecule has 2 N–H and O–H groups in total. The van der Waals surface area contributed by atoms with Crippen LogP contribution < -0.4 is 10.6 Å². The molecule has 2 rings (SSSR count). The Hall–Kier alpha value is -2.27. The first-order valence-electron chi connectivity index (χ1n) is 6.10. The van der Waals surface area contributed by atoms with E-state index in [0.717, 1.165) is 11.1 Å². The molecule has 98 valence electrons. The van der Waals surface area contributed by atoms with Gasteiger partial charge in [0.2, 0.25) is 5.91 Å². The Morgan fingerprint density at radius 3 is 2.58 bits per heavy atom. The lowest BCUT2D eigenvalue weighted by molar-refractivity contribution is -0.120. The van der Waals surface area contributed by atoms with Gasteiger partial charge in [-0.3, -0.25) is 14.8 Å². The van der Waals surface area contributed by atoms with E-state index in [1.54, 1.807) is 24.8 Å². The van der Waals surface area contributed by atoms with Gasteiger partial charge in [0.1, 0.15) is 0 Å². The summed E-state index contributed by atoms with van der Waals surface area (Å²) >= 11 is 0. The fourth-order valence-electron chi connectivity index (χ4n) is 1.59. The summed E-state index contributed by atoms with van der Waals surface area (Å²) in [6, 6.07) is 7.60. The van der Waals surface area contributed by atoms with Crippen LogP contribution >= 0.6 is 0 Å². The van der Waals surface area contributed by atoms with Crippen molar-refractivity contribution < 1.29 is 4.79 Å². The van der Waals surface area contributed by atoms with E-state index in [2.05, 4.69) is 20.6 Å². The summed E-state index contributed by atoms with van der Waals surface area (Å²) in [7, 11) is 0. The number of rotatable bonds is 6. The van der Waals surface area contributed by atoms with Gasteiger partial charge in [-0.05, 0) is 29.3 Å². The van der Waals surface area contributed by atoms with Crippen LogP contribution in [0.4, 0.5) is 0 Å². The Balaban J connectivity index is 1.65. The third-order valence-electron chi connectivity index (χ3n) is 2.58. The first kappa shape index (κ1) is 13.2. The maximum absolute atomic E-state index is 11.6. The maximum Gasteiger partial charge on any atom is 0.234 e. The number of nitrogens with one attached hydrogen (secondary N) is 2. The fourth-order valence-corrected chi connectivity index (χ4v) is 1.59. The van der Waals surface area contributed by atoms with Crippen LogP contribution in [0.3, 0.4) is 0 Å². The van der Waals surface area contributed by atoms with Crippen molar-refractivity contribution in [1.29, 1.82) is 0 Å². The summed E-state index contributed by atoms with van der Waals surface area (Å²) in [6.07, 6.45) is 6.93. The minimum Gasteiger partial charge on any atom is -0.351 e. The van der Waals surface area contributed by atoms with Gasteiger partial charge in [0, 0.05) is 37.9 Å². The third-order valence-corrected chi connectivity index (χ3v) is 2.58. The number of hydrogen-bond acceptors (Lipinski definition) is 4. The molecule has 0 radical (unpaired) electrons. The molecule has 0 aliphatic rings. The van der Waals surface area contributed by atoms with Crippen molar-refractivity contribution in [2.24, 2.45) is 0 Å². The summed E-state index contributed by atoms with van der Waals surface area (Å²) in [5.74, 6) is -0.0271. The van der Waals surface area contributed by atoms with Crippen molar-refractivity contribution in [3.63, 3.8) is 0 Å². The van der Waals surface area contributed by atoms with Crippen LogP contribution in [0.5, 0.6) is 0 Å². The van der Waals surface area contributed by atoms with E-state index in [4.69, 9.17) is 0 Å². The number of amides is 1. The third kappa shape index (κ3) is 4.85. The van der Waals surface area contributed by atoms with Crippen LogP contribution in [0.15, 0.2) is 49.1 Å². The van der Waals surface area contributed by atoms with Crippen LogP contribution in [-0.4, -0.2) is 22.4 Å².